The highest BCUT2D eigenvalue weighted by molar-refractivity contribution is 5.71. The predicted molar refractivity (Wildman–Crippen MR) is 171 cm³/mol. The van der Waals surface area contributed by atoms with Crippen molar-refractivity contribution in [1.82, 2.24) is 4.90 Å². The third kappa shape index (κ3) is 5.91. The van der Waals surface area contributed by atoms with Crippen molar-refractivity contribution in [2.75, 3.05) is 13.3 Å². The first-order chi connectivity index (χ1) is 21.6. The fourth-order valence-corrected chi connectivity index (χ4v) is 11.3. The van der Waals surface area contributed by atoms with Crippen LogP contribution in [0.4, 0.5) is 4.79 Å². The van der Waals surface area contributed by atoms with Crippen molar-refractivity contribution in [2.24, 2.45) is 46.3 Å². The van der Waals surface area contributed by atoms with Crippen LogP contribution >= 0.6 is 0 Å². The summed E-state index contributed by atoms with van der Waals surface area (Å²) >= 11 is 0. The van der Waals surface area contributed by atoms with Crippen LogP contribution in [-0.4, -0.2) is 52.7 Å². The summed E-state index contributed by atoms with van der Waals surface area (Å²) in [5, 5.41) is 21.9. The number of benzene rings is 1. The van der Waals surface area contributed by atoms with Crippen LogP contribution < -0.4 is 0 Å². The van der Waals surface area contributed by atoms with Crippen LogP contribution in [0.3, 0.4) is 0 Å². The highest BCUT2D eigenvalue weighted by Gasteiger charge is 2.62. The maximum Gasteiger partial charge on any atom is 0.413 e. The number of hydrogen-bond acceptors (Lipinski definition) is 6. The van der Waals surface area contributed by atoms with Crippen LogP contribution in [0.25, 0.3) is 0 Å². The van der Waals surface area contributed by atoms with E-state index in [9.17, 15) is 19.8 Å². The van der Waals surface area contributed by atoms with Gasteiger partial charge in [0, 0.05) is 6.42 Å². The van der Waals surface area contributed by atoms with E-state index >= 15 is 0 Å². The Balaban J connectivity index is 0.995. The summed E-state index contributed by atoms with van der Waals surface area (Å²) in [4.78, 5) is 27.2. The first-order valence-electron chi connectivity index (χ1n) is 17.5. The van der Waals surface area contributed by atoms with Gasteiger partial charge in [0.2, 0.25) is 6.79 Å². The van der Waals surface area contributed by atoms with Crippen LogP contribution in [0.15, 0.2) is 24.3 Å². The summed E-state index contributed by atoms with van der Waals surface area (Å²) < 4.78 is 10.7. The number of hydrogen-bond donors (Lipinski definition) is 2. The van der Waals surface area contributed by atoms with Gasteiger partial charge in [-0.2, -0.15) is 0 Å². The molecule has 4 saturated carbocycles. The summed E-state index contributed by atoms with van der Waals surface area (Å²) in [6, 6.07) is 7.93. The number of amides is 1. The molecule has 0 aliphatic heterocycles. The van der Waals surface area contributed by atoms with E-state index in [4.69, 9.17) is 15.9 Å². The number of aliphatic hydroxyl groups is 2. The number of esters is 1. The van der Waals surface area contributed by atoms with Crippen LogP contribution in [0.2, 0.25) is 0 Å². The van der Waals surface area contributed by atoms with E-state index in [1.807, 2.05) is 18.2 Å². The highest BCUT2D eigenvalue weighted by atomic mass is 16.7. The molecule has 0 bridgehead atoms. The Kier molecular flexibility index (Phi) is 9.29. The Bertz CT molecular complexity index is 1290. The van der Waals surface area contributed by atoms with E-state index in [1.165, 1.54) is 12.0 Å². The molecule has 5 aliphatic rings. The lowest BCUT2D eigenvalue weighted by molar-refractivity contribution is -0.174. The molecule has 2 N–H and O–H groups in total. The highest BCUT2D eigenvalue weighted by Crippen LogP contribution is 2.68. The number of carbonyl (C=O) groups excluding carboxylic acids is 2. The lowest BCUT2D eigenvalue weighted by atomic mass is 9.43. The number of terminal acetylenes is 1. The Morgan fingerprint density at radius 3 is 2.58 bits per heavy atom. The van der Waals surface area contributed by atoms with Crippen molar-refractivity contribution in [3.63, 3.8) is 0 Å². The van der Waals surface area contributed by atoms with Crippen LogP contribution in [0.5, 0.6) is 0 Å². The van der Waals surface area contributed by atoms with Crippen molar-refractivity contribution in [1.29, 1.82) is 0 Å². The lowest BCUT2D eigenvalue weighted by Gasteiger charge is -2.62. The van der Waals surface area contributed by atoms with Gasteiger partial charge in [-0.15, -0.1) is 6.42 Å². The topological polar surface area (TPSA) is 96.3 Å². The molecule has 0 heterocycles. The van der Waals surface area contributed by atoms with Gasteiger partial charge in [0.1, 0.15) is 0 Å². The van der Waals surface area contributed by atoms with Gasteiger partial charge in [-0.1, -0.05) is 51.0 Å². The predicted octanol–water partition coefficient (Wildman–Crippen LogP) is 6.65. The first kappa shape index (κ1) is 32.4. The van der Waals surface area contributed by atoms with Crippen molar-refractivity contribution >= 4 is 12.1 Å². The van der Waals surface area contributed by atoms with Crippen molar-refractivity contribution < 1.29 is 29.3 Å². The minimum Gasteiger partial charge on any atom is -0.428 e. The van der Waals surface area contributed by atoms with Gasteiger partial charge in [0.05, 0.1) is 24.8 Å². The smallest absolute Gasteiger partial charge is 0.413 e. The molecule has 11 atom stereocenters. The molecule has 0 radical (unpaired) electrons. The Hall–Kier alpha value is -2.56. The minimum absolute atomic E-state index is 0.131. The second-order valence-corrected chi connectivity index (χ2v) is 15.6. The standard InChI is InChI=1S/C38H53NO6/c1-5-20-39(32-14-11-25-8-6-7-9-28(25)32)36(43)45-23-44-34(42)15-10-24(2)29-12-13-30-35-31(17-19-38(29,30)4)37(3)18-16-27(40)21-26(37)22-33(35)41/h1,6-9,24,26-27,29-33,35,40-41H,10-23H2,2-4H3/t24-,26+,27-,29-,30+,31+,32-,33-,35+,37+,38-/m1/s1. The van der Waals surface area contributed by atoms with E-state index in [0.717, 1.165) is 69.8 Å². The molecule has 6 rings (SSSR count). The van der Waals surface area contributed by atoms with Crippen molar-refractivity contribution in [2.45, 2.75) is 116 Å². The maximum absolute atomic E-state index is 12.9. The summed E-state index contributed by atoms with van der Waals surface area (Å²) in [6.07, 6.45) is 15.4. The summed E-state index contributed by atoms with van der Waals surface area (Å²) in [5.74, 6) is 4.87. The molecular weight excluding hydrogens is 566 g/mol. The monoisotopic (exact) mass is 619 g/mol. The molecule has 0 spiro atoms. The lowest BCUT2D eigenvalue weighted by Crippen LogP contribution is -2.58. The molecule has 45 heavy (non-hydrogen) atoms. The third-order valence-electron chi connectivity index (χ3n) is 13.6. The summed E-state index contributed by atoms with van der Waals surface area (Å²) in [7, 11) is 0. The third-order valence-corrected chi connectivity index (χ3v) is 13.6. The largest absolute Gasteiger partial charge is 0.428 e. The molecule has 0 saturated heterocycles. The molecule has 4 fully saturated rings. The van der Waals surface area contributed by atoms with E-state index in [1.54, 1.807) is 4.90 Å². The van der Waals surface area contributed by atoms with E-state index < -0.39 is 12.9 Å². The van der Waals surface area contributed by atoms with Gasteiger partial charge in [0.15, 0.2) is 0 Å². The molecule has 1 aromatic carbocycles. The molecular formula is C38H53NO6. The molecule has 7 heteroatoms. The van der Waals surface area contributed by atoms with E-state index in [-0.39, 0.29) is 48.0 Å². The number of ether oxygens (including phenoxy) is 2. The molecule has 5 aliphatic carbocycles. The molecule has 1 aromatic rings. The molecule has 0 unspecified atom stereocenters. The zero-order valence-electron chi connectivity index (χ0n) is 27.5. The van der Waals surface area contributed by atoms with Gasteiger partial charge in [-0.05, 0) is 128 Å². The van der Waals surface area contributed by atoms with Gasteiger partial charge in [-0.3, -0.25) is 9.69 Å². The fraction of sp³-hybridized carbons (Fsp3) is 0.737. The van der Waals surface area contributed by atoms with Crippen LogP contribution in [-0.2, 0) is 20.7 Å². The van der Waals surface area contributed by atoms with Gasteiger partial charge >= 0.3 is 12.1 Å². The van der Waals surface area contributed by atoms with Gasteiger partial charge in [-0.25, -0.2) is 4.79 Å². The average molecular weight is 620 g/mol. The molecule has 246 valence electrons. The molecule has 1 amide bonds. The second kappa shape index (κ2) is 12.9. The van der Waals surface area contributed by atoms with Gasteiger partial charge < -0.3 is 19.7 Å². The number of aryl methyl sites for hydroxylation is 1. The summed E-state index contributed by atoms with van der Waals surface area (Å²) in [5.41, 5.74) is 2.70. The second-order valence-electron chi connectivity index (χ2n) is 15.6. The minimum atomic E-state index is -0.564. The van der Waals surface area contributed by atoms with E-state index in [0.29, 0.717) is 35.5 Å². The molecule has 0 aromatic heterocycles. The average Bonchev–Trinajstić information content (AvgIpc) is 3.60. The number of nitrogens with zero attached hydrogens (tertiary/aromatic N) is 1. The zero-order chi connectivity index (χ0) is 31.9. The Morgan fingerprint density at radius 2 is 1.78 bits per heavy atom. The quantitative estimate of drug-likeness (QED) is 0.192. The number of aliphatic hydroxyl groups excluding tert-OH is 2. The van der Waals surface area contributed by atoms with Crippen LogP contribution in [0.1, 0.15) is 109 Å². The summed E-state index contributed by atoms with van der Waals surface area (Å²) in [6.45, 7) is 6.89. The maximum atomic E-state index is 12.9. The molecule has 7 nitrogen and oxygen atoms in total. The van der Waals surface area contributed by atoms with Crippen molar-refractivity contribution in [3.05, 3.63) is 35.4 Å². The number of fused-ring (bicyclic) bond motifs is 6. The van der Waals surface area contributed by atoms with E-state index in [2.05, 4.69) is 32.8 Å². The van der Waals surface area contributed by atoms with Crippen molar-refractivity contribution in [3.8, 4) is 12.3 Å². The first-order valence-corrected chi connectivity index (χ1v) is 17.5. The number of carbonyl (C=O) groups is 2. The Morgan fingerprint density at radius 1 is 1.02 bits per heavy atom. The SMILES string of the molecule is C#CCN(C(=O)OCOC(=O)CC[C@@H](C)[C@H]1CC[C@H]2[C@@H]3[C@H](O)C[C@@H]4C[C@H](O)CC[C@]4(C)[C@H]3CC[C@]12C)[C@@H]1CCc2ccccc21. The normalized spacial score (nSPS) is 38.9. The zero-order valence-corrected chi connectivity index (χ0v) is 27.5. The van der Waals surface area contributed by atoms with Gasteiger partial charge in [0.25, 0.3) is 0 Å². The number of rotatable bonds is 8. The van der Waals surface area contributed by atoms with Crippen LogP contribution in [0, 0.1) is 58.7 Å². The Labute approximate surface area is 269 Å². The fourth-order valence-electron chi connectivity index (χ4n) is 11.3.